The fourth-order valence-corrected chi connectivity index (χ4v) is 3.68. The van der Waals surface area contributed by atoms with Gasteiger partial charge in [-0.05, 0) is 51.2 Å². The minimum Gasteiger partial charge on any atom is -0.459 e. The van der Waals surface area contributed by atoms with E-state index in [-0.39, 0.29) is 18.3 Å². The van der Waals surface area contributed by atoms with Gasteiger partial charge in [-0.3, -0.25) is 4.79 Å². The lowest BCUT2D eigenvalue weighted by Crippen LogP contribution is -2.39. The Labute approximate surface area is 171 Å². The molecule has 6 atom stereocenters. The van der Waals surface area contributed by atoms with E-state index in [2.05, 4.69) is 6.58 Å². The first-order valence-electron chi connectivity index (χ1n) is 9.82. The van der Waals surface area contributed by atoms with Crippen molar-refractivity contribution in [3.8, 4) is 0 Å². The van der Waals surface area contributed by atoms with E-state index in [1.54, 1.807) is 32.9 Å². The molecule has 0 aromatic rings. The molecule has 2 aliphatic rings. The maximum absolute atomic E-state index is 12.4. The van der Waals surface area contributed by atoms with Crippen molar-refractivity contribution < 1.29 is 33.7 Å². The van der Waals surface area contributed by atoms with Gasteiger partial charge in [-0.1, -0.05) is 19.6 Å². The molecular weight excluding hydrogens is 376 g/mol. The van der Waals surface area contributed by atoms with Crippen LogP contribution in [0.2, 0.25) is 0 Å². The van der Waals surface area contributed by atoms with Gasteiger partial charge in [-0.25, -0.2) is 9.59 Å². The van der Waals surface area contributed by atoms with Gasteiger partial charge in [0, 0.05) is 24.0 Å². The van der Waals surface area contributed by atoms with E-state index in [9.17, 15) is 19.5 Å². The number of rotatable bonds is 3. The molecule has 0 bridgehead atoms. The number of ether oxygens (including phenoxy) is 3. The van der Waals surface area contributed by atoms with Crippen LogP contribution in [0.15, 0.2) is 35.5 Å². The van der Waals surface area contributed by atoms with Crippen molar-refractivity contribution in [2.24, 2.45) is 11.8 Å². The molecule has 1 aliphatic heterocycles. The average molecular weight is 406 g/mol. The second-order valence-corrected chi connectivity index (χ2v) is 7.87. The fraction of sp³-hybridized carbons (Fsp3) is 0.591. The van der Waals surface area contributed by atoms with Crippen LogP contribution in [0.5, 0.6) is 0 Å². The van der Waals surface area contributed by atoms with Crippen molar-refractivity contribution >= 4 is 17.9 Å². The summed E-state index contributed by atoms with van der Waals surface area (Å²) in [6.45, 7) is 12.1. The van der Waals surface area contributed by atoms with Gasteiger partial charge >= 0.3 is 17.9 Å². The smallest absolute Gasteiger partial charge is 0.334 e. The number of carbonyl (C=O) groups is 3. The molecular formula is C22H30O7. The van der Waals surface area contributed by atoms with Crippen molar-refractivity contribution in [1.82, 2.24) is 0 Å². The molecule has 0 unspecified atom stereocenters. The number of hydrogen-bond donors (Lipinski definition) is 1. The van der Waals surface area contributed by atoms with Gasteiger partial charge in [0.15, 0.2) is 0 Å². The SMILES string of the molecule is C=C1C(=O)O[C@@H]2C=C(C)[C@@H](O)[C@H](OC(C)=O)C[C@H](C)[C@H](OC(=O)C(C)=CC)C[C@@H]12. The van der Waals surface area contributed by atoms with Crippen LogP contribution in [0.1, 0.15) is 47.5 Å². The molecule has 0 spiro atoms. The number of carbonyl (C=O) groups excluding carboxylic acids is 3. The van der Waals surface area contributed by atoms with E-state index < -0.39 is 42.3 Å². The molecule has 0 radical (unpaired) electrons. The van der Waals surface area contributed by atoms with E-state index in [0.717, 1.165) is 0 Å². The Balaban J connectivity index is 2.43. The molecule has 0 saturated carbocycles. The standard InChI is InChI=1S/C22H30O7/c1-7-11(2)21(25)28-17-10-16-14(5)22(26)29-18(16)9-13(4)20(24)19(8-12(17)3)27-15(6)23/h7,9,12,16-20,24H,5,8,10H2,1-4,6H3/t12-,16-,17+,18+,19+,20+/m0/s1. The molecule has 1 N–H and O–H groups in total. The van der Waals surface area contributed by atoms with Crippen molar-refractivity contribution in [3.63, 3.8) is 0 Å². The summed E-state index contributed by atoms with van der Waals surface area (Å²) in [4.78, 5) is 36.0. The Morgan fingerprint density at radius 3 is 2.48 bits per heavy atom. The Hall–Kier alpha value is -2.41. The summed E-state index contributed by atoms with van der Waals surface area (Å²) in [6.07, 6.45) is 0.873. The average Bonchev–Trinajstić information content (AvgIpc) is 2.91. The molecule has 7 nitrogen and oxygen atoms in total. The predicted octanol–water partition coefficient (Wildman–Crippen LogP) is 2.63. The van der Waals surface area contributed by atoms with Crippen LogP contribution in [-0.4, -0.2) is 47.4 Å². The monoisotopic (exact) mass is 406 g/mol. The van der Waals surface area contributed by atoms with E-state index in [1.807, 2.05) is 6.92 Å². The lowest BCUT2D eigenvalue weighted by atomic mass is 9.81. The third-order valence-corrected chi connectivity index (χ3v) is 5.65. The first kappa shape index (κ1) is 22.9. The number of esters is 3. The molecule has 160 valence electrons. The first-order valence-corrected chi connectivity index (χ1v) is 9.82. The van der Waals surface area contributed by atoms with Crippen LogP contribution in [0, 0.1) is 11.8 Å². The molecule has 29 heavy (non-hydrogen) atoms. The highest BCUT2D eigenvalue weighted by Gasteiger charge is 2.43. The van der Waals surface area contributed by atoms with Gasteiger partial charge in [0.1, 0.15) is 24.4 Å². The second-order valence-electron chi connectivity index (χ2n) is 7.87. The van der Waals surface area contributed by atoms with E-state index in [0.29, 0.717) is 23.1 Å². The van der Waals surface area contributed by atoms with Gasteiger partial charge in [0.25, 0.3) is 0 Å². The fourth-order valence-electron chi connectivity index (χ4n) is 3.68. The third kappa shape index (κ3) is 5.35. The van der Waals surface area contributed by atoms with Gasteiger partial charge in [-0.2, -0.15) is 0 Å². The third-order valence-electron chi connectivity index (χ3n) is 5.65. The molecule has 0 aromatic carbocycles. The number of aliphatic hydroxyl groups is 1. The zero-order valence-electron chi connectivity index (χ0n) is 17.6. The summed E-state index contributed by atoms with van der Waals surface area (Å²) < 4.78 is 16.5. The summed E-state index contributed by atoms with van der Waals surface area (Å²) in [5.74, 6) is -2.09. The second kappa shape index (κ2) is 9.39. The summed E-state index contributed by atoms with van der Waals surface area (Å²) >= 11 is 0. The van der Waals surface area contributed by atoms with Crippen LogP contribution in [0.25, 0.3) is 0 Å². The molecule has 0 aromatic heterocycles. The zero-order chi connectivity index (χ0) is 21.9. The van der Waals surface area contributed by atoms with E-state index >= 15 is 0 Å². The first-order chi connectivity index (χ1) is 13.5. The molecule has 1 heterocycles. The maximum Gasteiger partial charge on any atom is 0.334 e. The maximum atomic E-state index is 12.4. The molecule has 1 fully saturated rings. The highest BCUT2D eigenvalue weighted by molar-refractivity contribution is 5.91. The predicted molar refractivity (Wildman–Crippen MR) is 106 cm³/mol. The number of aliphatic hydroxyl groups excluding tert-OH is 1. The largest absolute Gasteiger partial charge is 0.459 e. The summed E-state index contributed by atoms with van der Waals surface area (Å²) in [7, 11) is 0. The van der Waals surface area contributed by atoms with Crippen LogP contribution in [0.4, 0.5) is 0 Å². The molecule has 1 saturated heterocycles. The molecule has 0 amide bonds. The minimum atomic E-state index is -1.07. The van der Waals surface area contributed by atoms with E-state index in [4.69, 9.17) is 14.2 Å². The van der Waals surface area contributed by atoms with Gasteiger partial charge in [0.2, 0.25) is 0 Å². The molecule has 2 rings (SSSR count). The summed E-state index contributed by atoms with van der Waals surface area (Å²) in [5, 5.41) is 10.7. The Bertz CT molecular complexity index is 748. The number of fused-ring (bicyclic) bond motifs is 1. The highest BCUT2D eigenvalue weighted by Crippen LogP contribution is 2.37. The van der Waals surface area contributed by atoms with E-state index in [1.165, 1.54) is 6.92 Å². The van der Waals surface area contributed by atoms with Crippen LogP contribution in [-0.2, 0) is 28.6 Å². The van der Waals surface area contributed by atoms with Crippen LogP contribution in [0.3, 0.4) is 0 Å². The number of hydrogen-bond acceptors (Lipinski definition) is 7. The van der Waals surface area contributed by atoms with Gasteiger partial charge < -0.3 is 19.3 Å². The van der Waals surface area contributed by atoms with Crippen LogP contribution >= 0.6 is 0 Å². The van der Waals surface area contributed by atoms with Crippen molar-refractivity contribution in [1.29, 1.82) is 0 Å². The Morgan fingerprint density at radius 1 is 1.24 bits per heavy atom. The van der Waals surface area contributed by atoms with Gasteiger partial charge in [0.05, 0.1) is 0 Å². The lowest BCUT2D eigenvalue weighted by Gasteiger charge is -2.33. The Morgan fingerprint density at radius 2 is 1.90 bits per heavy atom. The Kier molecular flexibility index (Phi) is 7.41. The molecule has 7 heteroatoms. The highest BCUT2D eigenvalue weighted by atomic mass is 16.6. The van der Waals surface area contributed by atoms with Crippen LogP contribution < -0.4 is 0 Å². The molecule has 1 aliphatic carbocycles. The van der Waals surface area contributed by atoms with Gasteiger partial charge in [-0.15, -0.1) is 0 Å². The van der Waals surface area contributed by atoms with Crippen molar-refractivity contribution in [2.45, 2.75) is 71.9 Å². The lowest BCUT2D eigenvalue weighted by molar-refractivity contribution is -0.157. The normalized spacial score (nSPS) is 33.3. The summed E-state index contributed by atoms with van der Waals surface area (Å²) in [6, 6.07) is 0. The van der Waals surface area contributed by atoms with Crippen molar-refractivity contribution in [3.05, 3.63) is 35.5 Å². The zero-order valence-corrected chi connectivity index (χ0v) is 17.6. The number of allylic oxidation sites excluding steroid dienone is 1. The van der Waals surface area contributed by atoms with Crippen molar-refractivity contribution in [2.75, 3.05) is 0 Å². The summed E-state index contributed by atoms with van der Waals surface area (Å²) in [5.41, 5.74) is 1.33. The topological polar surface area (TPSA) is 99.1 Å². The minimum absolute atomic E-state index is 0.252. The quantitative estimate of drug-likeness (QED) is 0.333.